The first-order chi connectivity index (χ1) is 7.51. The molecule has 0 aliphatic rings. The first-order valence-corrected chi connectivity index (χ1v) is 4.33. The number of esters is 1. The maximum atomic E-state index is 12.5. The van der Waals surface area contributed by atoms with Crippen LogP contribution < -0.4 is 11.3 Å². The molecule has 0 fully saturated rings. The summed E-state index contributed by atoms with van der Waals surface area (Å²) < 4.78 is 29.3. The molecule has 0 unspecified atom stereocenters. The van der Waals surface area contributed by atoms with Crippen LogP contribution in [0, 0.1) is 0 Å². The number of rotatable bonds is 3. The monoisotopic (exact) mass is 232 g/mol. The predicted octanol–water partition coefficient (Wildman–Crippen LogP) is 0.558. The normalized spacial score (nSPS) is 10.6. The van der Waals surface area contributed by atoms with E-state index in [4.69, 9.17) is 5.73 Å². The van der Waals surface area contributed by atoms with Gasteiger partial charge in [-0.05, 0) is 11.6 Å². The Bertz CT molecular complexity index is 457. The Balaban J connectivity index is 3.37. The van der Waals surface area contributed by atoms with E-state index in [1.54, 1.807) is 0 Å². The molecule has 0 radical (unpaired) electrons. The summed E-state index contributed by atoms with van der Waals surface area (Å²) in [6, 6.07) is 1.02. The molecular formula is C9H10F2N2O3. The van der Waals surface area contributed by atoms with E-state index in [0.717, 1.165) is 13.2 Å². The first-order valence-electron chi connectivity index (χ1n) is 4.33. The van der Waals surface area contributed by atoms with Crippen LogP contribution in [0.4, 0.5) is 8.78 Å². The van der Waals surface area contributed by atoms with Gasteiger partial charge in [-0.1, -0.05) is 0 Å². The van der Waals surface area contributed by atoms with Crippen LogP contribution in [0.25, 0.3) is 0 Å². The predicted molar refractivity (Wildman–Crippen MR) is 51.3 cm³/mol. The number of ether oxygens (including phenoxy) is 1. The van der Waals surface area contributed by atoms with Crippen molar-refractivity contribution in [2.75, 3.05) is 7.11 Å². The van der Waals surface area contributed by atoms with Crippen LogP contribution in [0.5, 0.6) is 0 Å². The van der Waals surface area contributed by atoms with Crippen molar-refractivity contribution in [1.29, 1.82) is 0 Å². The molecule has 0 amide bonds. The molecule has 0 spiro atoms. The first kappa shape index (κ1) is 12.3. The van der Waals surface area contributed by atoms with Gasteiger partial charge in [0.2, 0.25) is 0 Å². The summed E-state index contributed by atoms with van der Waals surface area (Å²) in [6.07, 6.45) is -2.85. The number of hydrogen-bond donors (Lipinski definition) is 2. The molecule has 1 aromatic rings. The minimum Gasteiger partial charge on any atom is -0.465 e. The van der Waals surface area contributed by atoms with Gasteiger partial charge in [0, 0.05) is 6.54 Å². The Morgan fingerprint density at radius 3 is 2.69 bits per heavy atom. The van der Waals surface area contributed by atoms with E-state index in [1.165, 1.54) is 0 Å². The van der Waals surface area contributed by atoms with Crippen molar-refractivity contribution in [3.05, 3.63) is 33.2 Å². The lowest BCUT2D eigenvalue weighted by atomic mass is 10.1. The summed E-state index contributed by atoms with van der Waals surface area (Å²) in [5, 5.41) is 0. The van der Waals surface area contributed by atoms with Crippen molar-refractivity contribution in [3.8, 4) is 0 Å². The lowest BCUT2D eigenvalue weighted by molar-refractivity contribution is 0.0597. The van der Waals surface area contributed by atoms with E-state index >= 15 is 0 Å². The second-order valence-electron chi connectivity index (χ2n) is 2.95. The molecule has 88 valence electrons. The molecule has 1 heterocycles. The van der Waals surface area contributed by atoms with Gasteiger partial charge in [0.25, 0.3) is 12.0 Å². The van der Waals surface area contributed by atoms with Crippen LogP contribution >= 0.6 is 0 Å². The third-order valence-corrected chi connectivity index (χ3v) is 2.00. The van der Waals surface area contributed by atoms with E-state index in [0.29, 0.717) is 0 Å². The third-order valence-electron chi connectivity index (χ3n) is 2.00. The highest BCUT2D eigenvalue weighted by Crippen LogP contribution is 2.19. The fraction of sp³-hybridized carbons (Fsp3) is 0.333. The van der Waals surface area contributed by atoms with Gasteiger partial charge in [-0.2, -0.15) is 0 Å². The van der Waals surface area contributed by atoms with Crippen LogP contribution in [0.2, 0.25) is 0 Å². The lowest BCUT2D eigenvalue weighted by Gasteiger charge is -2.08. The minimum absolute atomic E-state index is 0.00926. The van der Waals surface area contributed by atoms with Crippen molar-refractivity contribution in [2.45, 2.75) is 13.0 Å². The zero-order valence-corrected chi connectivity index (χ0v) is 8.42. The standard InChI is InChI=1S/C9H10F2N2O3/c1-16-9(15)5-2-4(3-12)6(7(10)11)13-8(5)14/h2,7H,3,12H2,1H3,(H,13,14). The molecular weight excluding hydrogens is 222 g/mol. The Morgan fingerprint density at radius 2 is 2.25 bits per heavy atom. The Morgan fingerprint density at radius 1 is 1.62 bits per heavy atom. The molecule has 3 N–H and O–H groups in total. The number of aromatic nitrogens is 1. The second-order valence-corrected chi connectivity index (χ2v) is 2.95. The van der Waals surface area contributed by atoms with Crippen LogP contribution in [-0.2, 0) is 11.3 Å². The van der Waals surface area contributed by atoms with Gasteiger partial charge < -0.3 is 15.5 Å². The van der Waals surface area contributed by atoms with Gasteiger partial charge in [0.05, 0.1) is 12.8 Å². The fourth-order valence-corrected chi connectivity index (χ4v) is 1.21. The number of aromatic amines is 1. The highest BCUT2D eigenvalue weighted by atomic mass is 19.3. The number of carbonyl (C=O) groups is 1. The molecule has 7 heteroatoms. The number of halogens is 2. The summed E-state index contributed by atoms with van der Waals surface area (Å²) in [4.78, 5) is 24.3. The van der Waals surface area contributed by atoms with Gasteiger partial charge in [0.15, 0.2) is 0 Å². The largest absolute Gasteiger partial charge is 0.465 e. The zero-order chi connectivity index (χ0) is 12.3. The summed E-state index contributed by atoms with van der Waals surface area (Å²) in [5.41, 5.74) is 3.42. The van der Waals surface area contributed by atoms with Crippen molar-refractivity contribution in [3.63, 3.8) is 0 Å². The third kappa shape index (κ3) is 2.25. The van der Waals surface area contributed by atoms with Gasteiger partial charge in [-0.25, -0.2) is 13.6 Å². The quantitative estimate of drug-likeness (QED) is 0.745. The molecule has 0 aliphatic heterocycles. The highest BCUT2D eigenvalue weighted by molar-refractivity contribution is 5.89. The molecule has 0 saturated heterocycles. The number of pyridine rings is 1. The van der Waals surface area contributed by atoms with E-state index in [-0.39, 0.29) is 17.7 Å². The molecule has 1 rings (SSSR count). The topological polar surface area (TPSA) is 85.2 Å². The van der Waals surface area contributed by atoms with Crippen molar-refractivity contribution < 1.29 is 18.3 Å². The maximum Gasteiger partial charge on any atom is 0.343 e. The molecule has 0 atom stereocenters. The maximum absolute atomic E-state index is 12.5. The smallest absolute Gasteiger partial charge is 0.343 e. The van der Waals surface area contributed by atoms with Gasteiger partial charge in [-0.3, -0.25) is 4.79 Å². The lowest BCUT2D eigenvalue weighted by Crippen LogP contribution is -2.22. The van der Waals surface area contributed by atoms with Crippen LogP contribution in [0.1, 0.15) is 28.0 Å². The van der Waals surface area contributed by atoms with Gasteiger partial charge >= 0.3 is 5.97 Å². The molecule has 0 aliphatic carbocycles. The van der Waals surface area contributed by atoms with Crippen molar-refractivity contribution in [2.24, 2.45) is 5.73 Å². The molecule has 16 heavy (non-hydrogen) atoms. The molecule has 1 aromatic heterocycles. The number of carbonyl (C=O) groups excluding carboxylic acids is 1. The number of alkyl halides is 2. The SMILES string of the molecule is COC(=O)c1cc(CN)c(C(F)F)[nH]c1=O. The molecule has 0 aromatic carbocycles. The van der Waals surface area contributed by atoms with E-state index in [1.807, 2.05) is 4.98 Å². The van der Waals surface area contributed by atoms with Crippen molar-refractivity contribution in [1.82, 2.24) is 4.98 Å². The Labute approximate surface area is 89.2 Å². The number of hydrogen-bond acceptors (Lipinski definition) is 4. The molecule has 0 saturated carbocycles. The molecule has 0 bridgehead atoms. The Hall–Kier alpha value is -1.76. The average Bonchev–Trinajstić information content (AvgIpc) is 2.27. The van der Waals surface area contributed by atoms with Gasteiger partial charge in [-0.15, -0.1) is 0 Å². The van der Waals surface area contributed by atoms with E-state index < -0.39 is 23.6 Å². The second kappa shape index (κ2) is 4.84. The average molecular weight is 232 g/mol. The van der Waals surface area contributed by atoms with Crippen LogP contribution in [0.3, 0.4) is 0 Å². The van der Waals surface area contributed by atoms with Gasteiger partial charge in [0.1, 0.15) is 5.56 Å². The van der Waals surface area contributed by atoms with E-state index in [9.17, 15) is 18.4 Å². The zero-order valence-electron chi connectivity index (χ0n) is 8.42. The summed E-state index contributed by atoms with van der Waals surface area (Å²) in [6.45, 7) is -0.208. The number of methoxy groups -OCH3 is 1. The summed E-state index contributed by atoms with van der Waals surface area (Å²) in [7, 11) is 1.09. The number of H-pyrrole nitrogens is 1. The summed E-state index contributed by atoms with van der Waals surface area (Å²) >= 11 is 0. The Kier molecular flexibility index (Phi) is 3.73. The van der Waals surface area contributed by atoms with Crippen LogP contribution in [0.15, 0.2) is 10.9 Å². The van der Waals surface area contributed by atoms with Crippen molar-refractivity contribution >= 4 is 5.97 Å². The van der Waals surface area contributed by atoms with Crippen LogP contribution in [-0.4, -0.2) is 18.1 Å². The number of nitrogens with two attached hydrogens (primary N) is 1. The molecule has 5 nitrogen and oxygen atoms in total. The minimum atomic E-state index is -2.85. The summed E-state index contributed by atoms with van der Waals surface area (Å²) in [5.74, 6) is -0.892. The fourth-order valence-electron chi connectivity index (χ4n) is 1.21. The number of nitrogens with one attached hydrogen (secondary N) is 1. The van der Waals surface area contributed by atoms with E-state index in [2.05, 4.69) is 4.74 Å². The highest BCUT2D eigenvalue weighted by Gasteiger charge is 2.19.